The largest absolute Gasteiger partial charge is 0.465 e. The lowest BCUT2D eigenvalue weighted by molar-refractivity contribution is -0.133. The van der Waals surface area contributed by atoms with Crippen LogP contribution in [0, 0.1) is 11.8 Å². The van der Waals surface area contributed by atoms with E-state index in [-0.39, 0.29) is 6.10 Å². The second-order valence-corrected chi connectivity index (χ2v) is 5.05. The molecule has 0 amide bonds. The van der Waals surface area contributed by atoms with E-state index in [1.54, 1.807) is 0 Å². The van der Waals surface area contributed by atoms with E-state index in [9.17, 15) is 4.79 Å². The fourth-order valence-corrected chi connectivity index (χ4v) is 1.70. The summed E-state index contributed by atoms with van der Waals surface area (Å²) in [6.45, 7) is 9.33. The molecule has 90 valence electrons. The topological polar surface area (TPSA) is 26.3 Å². The van der Waals surface area contributed by atoms with Crippen LogP contribution in [0.3, 0.4) is 0 Å². The number of hydrogen-bond donors (Lipinski definition) is 0. The van der Waals surface area contributed by atoms with Crippen molar-refractivity contribution in [3.63, 3.8) is 0 Å². The van der Waals surface area contributed by atoms with Gasteiger partial charge in [-0.05, 0) is 31.6 Å². The van der Waals surface area contributed by atoms with Gasteiger partial charge in [-0.25, -0.2) is 0 Å². The number of ether oxygens (including phenoxy) is 1. The average Bonchev–Trinajstić information content (AvgIpc) is 2.14. The smallest absolute Gasteiger partial charge is 0.293 e. The van der Waals surface area contributed by atoms with Crippen LogP contribution in [0.15, 0.2) is 0 Å². The van der Waals surface area contributed by atoms with Gasteiger partial charge in [0.05, 0.1) is 6.10 Å². The van der Waals surface area contributed by atoms with Crippen LogP contribution in [0.4, 0.5) is 0 Å². The molecule has 0 aromatic rings. The highest BCUT2D eigenvalue weighted by atomic mass is 16.5. The lowest BCUT2D eigenvalue weighted by atomic mass is 9.95. The minimum Gasteiger partial charge on any atom is -0.465 e. The molecule has 0 aliphatic heterocycles. The highest BCUT2D eigenvalue weighted by Crippen LogP contribution is 2.17. The van der Waals surface area contributed by atoms with Gasteiger partial charge in [-0.1, -0.05) is 40.0 Å². The van der Waals surface area contributed by atoms with Crippen LogP contribution >= 0.6 is 0 Å². The van der Waals surface area contributed by atoms with E-state index in [1.165, 1.54) is 19.3 Å². The van der Waals surface area contributed by atoms with Crippen molar-refractivity contribution in [1.82, 2.24) is 0 Å². The zero-order valence-electron chi connectivity index (χ0n) is 10.7. The van der Waals surface area contributed by atoms with Gasteiger partial charge < -0.3 is 4.74 Å². The Bertz CT molecular complexity index is 155. The lowest BCUT2D eigenvalue weighted by Gasteiger charge is -2.14. The van der Waals surface area contributed by atoms with Gasteiger partial charge in [0, 0.05) is 0 Å². The summed E-state index contributed by atoms with van der Waals surface area (Å²) in [4.78, 5) is 10.1. The van der Waals surface area contributed by atoms with Crippen molar-refractivity contribution >= 4 is 6.47 Å². The molecule has 0 saturated heterocycles. The molecule has 0 aromatic carbocycles. The highest BCUT2D eigenvalue weighted by molar-refractivity contribution is 5.37. The Kier molecular flexibility index (Phi) is 8.44. The van der Waals surface area contributed by atoms with Gasteiger partial charge in [0.25, 0.3) is 6.47 Å². The Morgan fingerprint density at radius 1 is 1.00 bits per heavy atom. The maximum Gasteiger partial charge on any atom is 0.293 e. The van der Waals surface area contributed by atoms with E-state index in [0.29, 0.717) is 6.47 Å². The number of hydrogen-bond acceptors (Lipinski definition) is 2. The van der Waals surface area contributed by atoms with Crippen LogP contribution in [-0.4, -0.2) is 12.6 Å². The highest BCUT2D eigenvalue weighted by Gasteiger charge is 2.07. The summed E-state index contributed by atoms with van der Waals surface area (Å²) >= 11 is 0. The first-order valence-electron chi connectivity index (χ1n) is 6.15. The molecule has 2 atom stereocenters. The first-order valence-corrected chi connectivity index (χ1v) is 6.15. The summed E-state index contributed by atoms with van der Waals surface area (Å²) in [5.41, 5.74) is 0. The van der Waals surface area contributed by atoms with E-state index in [0.717, 1.165) is 24.7 Å². The number of carbonyl (C=O) groups excluding carboxylic acids is 1. The molecule has 0 heterocycles. The average molecular weight is 214 g/mol. The van der Waals surface area contributed by atoms with Crippen molar-refractivity contribution < 1.29 is 9.53 Å². The summed E-state index contributed by atoms with van der Waals surface area (Å²) in [6, 6.07) is 0. The second-order valence-electron chi connectivity index (χ2n) is 5.05. The molecule has 0 rings (SSSR count). The van der Waals surface area contributed by atoms with Crippen molar-refractivity contribution in [3.05, 3.63) is 0 Å². The van der Waals surface area contributed by atoms with Crippen LogP contribution in [0.2, 0.25) is 0 Å². The zero-order chi connectivity index (χ0) is 11.7. The summed E-state index contributed by atoms with van der Waals surface area (Å²) < 4.78 is 4.85. The molecular weight excluding hydrogens is 188 g/mol. The summed E-state index contributed by atoms with van der Waals surface area (Å²) in [6.07, 6.45) is 6.17. The van der Waals surface area contributed by atoms with Crippen molar-refractivity contribution in [2.45, 2.75) is 65.9 Å². The van der Waals surface area contributed by atoms with Gasteiger partial charge in [0.2, 0.25) is 0 Å². The Labute approximate surface area is 94.4 Å². The fourth-order valence-electron chi connectivity index (χ4n) is 1.70. The molecule has 0 aliphatic rings. The lowest BCUT2D eigenvalue weighted by Crippen LogP contribution is -2.09. The second kappa shape index (κ2) is 8.75. The maximum atomic E-state index is 10.1. The third-order valence-electron chi connectivity index (χ3n) is 2.83. The molecule has 0 saturated carbocycles. The Hall–Kier alpha value is -0.530. The minimum atomic E-state index is 0.0787. The van der Waals surface area contributed by atoms with Crippen LogP contribution < -0.4 is 0 Å². The van der Waals surface area contributed by atoms with Gasteiger partial charge >= 0.3 is 0 Å². The van der Waals surface area contributed by atoms with E-state index in [2.05, 4.69) is 20.8 Å². The Morgan fingerprint density at radius 2 is 1.67 bits per heavy atom. The minimum absolute atomic E-state index is 0.0787. The van der Waals surface area contributed by atoms with Crippen LogP contribution in [0.1, 0.15) is 59.8 Å². The fraction of sp³-hybridized carbons (Fsp3) is 0.923. The molecular formula is C13H26O2. The van der Waals surface area contributed by atoms with Gasteiger partial charge in [0.1, 0.15) is 0 Å². The predicted molar refractivity (Wildman–Crippen MR) is 63.7 cm³/mol. The maximum absolute atomic E-state index is 10.1. The number of rotatable bonds is 9. The van der Waals surface area contributed by atoms with Crippen molar-refractivity contribution in [2.75, 3.05) is 0 Å². The molecule has 2 nitrogen and oxygen atoms in total. The molecule has 2 heteroatoms. The molecule has 0 N–H and O–H groups in total. The van der Waals surface area contributed by atoms with E-state index in [4.69, 9.17) is 4.74 Å². The SMILES string of the molecule is CC(C)CCCC(C)CCC(C)OC=O. The molecule has 15 heavy (non-hydrogen) atoms. The quantitative estimate of drug-likeness (QED) is 0.546. The standard InChI is InChI=1S/C13H26O2/c1-11(2)6-5-7-12(3)8-9-13(4)15-10-14/h10-13H,5-9H2,1-4H3. The van der Waals surface area contributed by atoms with Crippen LogP contribution in [0.5, 0.6) is 0 Å². The molecule has 0 bridgehead atoms. The van der Waals surface area contributed by atoms with Gasteiger partial charge in [0.15, 0.2) is 0 Å². The normalized spacial score (nSPS) is 15.0. The van der Waals surface area contributed by atoms with Gasteiger partial charge in [-0.15, -0.1) is 0 Å². The third kappa shape index (κ3) is 9.77. The van der Waals surface area contributed by atoms with Gasteiger partial charge in [-0.2, -0.15) is 0 Å². The molecule has 0 radical (unpaired) electrons. The zero-order valence-corrected chi connectivity index (χ0v) is 10.7. The number of carbonyl (C=O) groups is 1. The molecule has 2 unspecified atom stereocenters. The monoisotopic (exact) mass is 214 g/mol. The summed E-state index contributed by atoms with van der Waals surface area (Å²) in [7, 11) is 0. The van der Waals surface area contributed by atoms with Crippen LogP contribution in [0.25, 0.3) is 0 Å². The van der Waals surface area contributed by atoms with Crippen molar-refractivity contribution in [1.29, 1.82) is 0 Å². The first-order chi connectivity index (χ1) is 7.06. The predicted octanol–water partition coefficient (Wildman–Crippen LogP) is 3.79. The Balaban J connectivity index is 3.39. The molecule has 0 aliphatic carbocycles. The summed E-state index contributed by atoms with van der Waals surface area (Å²) in [5, 5.41) is 0. The molecule has 0 spiro atoms. The Morgan fingerprint density at radius 3 is 2.20 bits per heavy atom. The van der Waals surface area contributed by atoms with E-state index in [1.807, 2.05) is 6.92 Å². The summed E-state index contributed by atoms with van der Waals surface area (Å²) in [5.74, 6) is 1.57. The van der Waals surface area contributed by atoms with Gasteiger partial charge in [-0.3, -0.25) is 4.79 Å². The van der Waals surface area contributed by atoms with Crippen LogP contribution in [-0.2, 0) is 9.53 Å². The first kappa shape index (κ1) is 14.5. The third-order valence-corrected chi connectivity index (χ3v) is 2.83. The van der Waals surface area contributed by atoms with Crippen molar-refractivity contribution in [2.24, 2.45) is 11.8 Å². The molecule has 0 aromatic heterocycles. The van der Waals surface area contributed by atoms with Crippen molar-refractivity contribution in [3.8, 4) is 0 Å². The van der Waals surface area contributed by atoms with E-state index >= 15 is 0 Å². The van der Waals surface area contributed by atoms with E-state index < -0.39 is 0 Å². The molecule has 0 fully saturated rings.